The van der Waals surface area contributed by atoms with Gasteiger partial charge in [0.1, 0.15) is 5.75 Å². The summed E-state index contributed by atoms with van der Waals surface area (Å²) in [5.74, 6) is 0.909. The van der Waals surface area contributed by atoms with Gasteiger partial charge in [0.2, 0.25) is 0 Å². The summed E-state index contributed by atoms with van der Waals surface area (Å²) in [7, 11) is 2.07. The molecule has 1 unspecified atom stereocenters. The summed E-state index contributed by atoms with van der Waals surface area (Å²) >= 11 is 0. The van der Waals surface area contributed by atoms with Crippen LogP contribution in [0.3, 0.4) is 0 Å². The minimum absolute atomic E-state index is 0.00859. The molecule has 2 N–H and O–H groups in total. The van der Waals surface area contributed by atoms with Crippen LogP contribution in [0.15, 0.2) is 24.3 Å². The molecule has 1 aromatic rings. The first-order chi connectivity index (χ1) is 10.0. The maximum absolute atomic E-state index is 6.25. The monoisotopic (exact) mass is 294 g/mol. The van der Waals surface area contributed by atoms with E-state index in [4.69, 9.17) is 15.2 Å². The Bertz CT molecular complexity index is 379. The van der Waals surface area contributed by atoms with Crippen LogP contribution in [0.1, 0.15) is 38.8 Å². The first kappa shape index (κ1) is 18.0. The Hall–Kier alpha value is -1.10. The molecule has 0 saturated carbocycles. The van der Waals surface area contributed by atoms with E-state index in [1.807, 2.05) is 38.1 Å². The van der Waals surface area contributed by atoms with Crippen LogP contribution in [-0.4, -0.2) is 44.4 Å². The van der Waals surface area contributed by atoms with Gasteiger partial charge in [-0.25, -0.2) is 0 Å². The molecule has 0 heterocycles. The fraction of sp³-hybridized carbons (Fsp3) is 0.647. The van der Waals surface area contributed by atoms with E-state index in [0.717, 1.165) is 44.0 Å². The van der Waals surface area contributed by atoms with Crippen molar-refractivity contribution in [3.05, 3.63) is 29.8 Å². The third-order valence-corrected chi connectivity index (χ3v) is 3.21. The number of likely N-dealkylation sites (N-methyl/N-ethyl adjacent to an activating group) is 1. The number of rotatable bonds is 10. The highest BCUT2D eigenvalue weighted by atomic mass is 16.5. The minimum Gasteiger partial charge on any atom is -0.494 e. The van der Waals surface area contributed by atoms with E-state index < -0.39 is 0 Å². The van der Waals surface area contributed by atoms with Gasteiger partial charge in [-0.1, -0.05) is 19.1 Å². The molecule has 0 aliphatic carbocycles. The van der Waals surface area contributed by atoms with Crippen LogP contribution >= 0.6 is 0 Å². The molecule has 0 bridgehead atoms. The highest BCUT2D eigenvalue weighted by molar-refractivity contribution is 5.29. The zero-order valence-corrected chi connectivity index (χ0v) is 13.8. The molecule has 21 heavy (non-hydrogen) atoms. The molecule has 0 saturated heterocycles. The lowest BCUT2D eigenvalue weighted by molar-refractivity contribution is 0.0629. The predicted octanol–water partition coefficient (Wildman–Crippen LogP) is 2.83. The van der Waals surface area contributed by atoms with Crippen LogP contribution in [0.5, 0.6) is 5.75 Å². The molecule has 0 spiro atoms. The van der Waals surface area contributed by atoms with E-state index in [0.29, 0.717) is 0 Å². The molecule has 0 aliphatic rings. The average Bonchev–Trinajstić information content (AvgIpc) is 2.45. The molecular formula is C17H30N2O2. The zero-order valence-electron chi connectivity index (χ0n) is 13.8. The van der Waals surface area contributed by atoms with Gasteiger partial charge in [0.05, 0.1) is 19.3 Å². The van der Waals surface area contributed by atoms with Crippen molar-refractivity contribution in [1.29, 1.82) is 0 Å². The molecule has 1 atom stereocenters. The SMILES string of the molecule is CCCOc1ccc(C(N)CN(C)CCOC(C)C)cc1. The van der Waals surface area contributed by atoms with Gasteiger partial charge in [-0.3, -0.25) is 0 Å². The van der Waals surface area contributed by atoms with Gasteiger partial charge in [0.25, 0.3) is 0 Å². The van der Waals surface area contributed by atoms with E-state index in [1.165, 1.54) is 0 Å². The zero-order chi connectivity index (χ0) is 15.7. The van der Waals surface area contributed by atoms with Crippen molar-refractivity contribution >= 4 is 0 Å². The second-order valence-electron chi connectivity index (χ2n) is 5.71. The third kappa shape index (κ3) is 7.46. The minimum atomic E-state index is 0.00859. The number of hydrogen-bond donors (Lipinski definition) is 1. The maximum Gasteiger partial charge on any atom is 0.119 e. The Morgan fingerprint density at radius 2 is 1.81 bits per heavy atom. The van der Waals surface area contributed by atoms with Crippen molar-refractivity contribution in [1.82, 2.24) is 4.90 Å². The molecule has 4 nitrogen and oxygen atoms in total. The van der Waals surface area contributed by atoms with Crippen molar-refractivity contribution in [2.75, 3.05) is 33.4 Å². The van der Waals surface area contributed by atoms with Crippen molar-refractivity contribution < 1.29 is 9.47 Å². The summed E-state index contributed by atoms with van der Waals surface area (Å²) in [5.41, 5.74) is 7.39. The fourth-order valence-corrected chi connectivity index (χ4v) is 2.01. The second-order valence-corrected chi connectivity index (χ2v) is 5.71. The van der Waals surface area contributed by atoms with E-state index in [9.17, 15) is 0 Å². The van der Waals surface area contributed by atoms with Crippen LogP contribution in [0.4, 0.5) is 0 Å². The Labute approximate surface area is 129 Å². The first-order valence-corrected chi connectivity index (χ1v) is 7.81. The molecule has 4 heteroatoms. The summed E-state index contributed by atoms with van der Waals surface area (Å²) < 4.78 is 11.1. The summed E-state index contributed by atoms with van der Waals surface area (Å²) in [4.78, 5) is 2.20. The van der Waals surface area contributed by atoms with E-state index in [-0.39, 0.29) is 12.1 Å². The Balaban J connectivity index is 2.38. The lowest BCUT2D eigenvalue weighted by atomic mass is 10.1. The van der Waals surface area contributed by atoms with E-state index in [2.05, 4.69) is 18.9 Å². The largest absolute Gasteiger partial charge is 0.494 e. The van der Waals surface area contributed by atoms with Gasteiger partial charge >= 0.3 is 0 Å². The van der Waals surface area contributed by atoms with Gasteiger partial charge in [-0.2, -0.15) is 0 Å². The molecular weight excluding hydrogens is 264 g/mol. The molecule has 0 radical (unpaired) electrons. The molecule has 1 rings (SSSR count). The smallest absolute Gasteiger partial charge is 0.119 e. The third-order valence-electron chi connectivity index (χ3n) is 3.21. The second kappa shape index (κ2) is 9.77. The Morgan fingerprint density at radius 3 is 2.38 bits per heavy atom. The Morgan fingerprint density at radius 1 is 1.14 bits per heavy atom. The summed E-state index contributed by atoms with van der Waals surface area (Å²) in [6.45, 7) is 9.40. The number of hydrogen-bond acceptors (Lipinski definition) is 4. The van der Waals surface area contributed by atoms with Crippen LogP contribution in [-0.2, 0) is 4.74 Å². The quantitative estimate of drug-likeness (QED) is 0.721. The number of nitrogens with zero attached hydrogens (tertiary/aromatic N) is 1. The number of nitrogens with two attached hydrogens (primary N) is 1. The van der Waals surface area contributed by atoms with Gasteiger partial charge in [0.15, 0.2) is 0 Å². The topological polar surface area (TPSA) is 47.7 Å². The van der Waals surface area contributed by atoms with Crippen molar-refractivity contribution in [3.63, 3.8) is 0 Å². The van der Waals surface area contributed by atoms with Gasteiger partial charge in [0, 0.05) is 19.1 Å². The summed E-state index contributed by atoms with van der Waals surface area (Å²) in [6, 6.07) is 8.09. The van der Waals surface area contributed by atoms with Crippen LogP contribution in [0, 0.1) is 0 Å². The highest BCUT2D eigenvalue weighted by Gasteiger charge is 2.09. The lowest BCUT2D eigenvalue weighted by Crippen LogP contribution is -2.32. The molecule has 1 aromatic carbocycles. The normalized spacial score (nSPS) is 12.9. The lowest BCUT2D eigenvalue weighted by Gasteiger charge is -2.22. The Kier molecular flexibility index (Phi) is 8.35. The molecule has 0 aromatic heterocycles. The number of ether oxygens (including phenoxy) is 2. The van der Waals surface area contributed by atoms with E-state index in [1.54, 1.807) is 0 Å². The highest BCUT2D eigenvalue weighted by Crippen LogP contribution is 2.17. The molecule has 0 amide bonds. The van der Waals surface area contributed by atoms with Crippen LogP contribution in [0.25, 0.3) is 0 Å². The van der Waals surface area contributed by atoms with Crippen molar-refractivity contribution in [2.45, 2.75) is 39.3 Å². The first-order valence-electron chi connectivity index (χ1n) is 7.81. The van der Waals surface area contributed by atoms with Gasteiger partial charge in [-0.05, 0) is 45.0 Å². The van der Waals surface area contributed by atoms with Crippen LogP contribution in [0.2, 0.25) is 0 Å². The standard InChI is InChI=1S/C17H30N2O2/c1-5-11-21-16-8-6-15(7-9-16)17(18)13-19(4)10-12-20-14(2)3/h6-9,14,17H,5,10-13,18H2,1-4H3. The molecule has 120 valence electrons. The molecule has 0 fully saturated rings. The maximum atomic E-state index is 6.25. The van der Waals surface area contributed by atoms with Crippen molar-refractivity contribution in [2.24, 2.45) is 5.73 Å². The predicted molar refractivity (Wildman–Crippen MR) is 87.7 cm³/mol. The van der Waals surface area contributed by atoms with Crippen molar-refractivity contribution in [3.8, 4) is 5.75 Å². The van der Waals surface area contributed by atoms with Gasteiger partial charge < -0.3 is 20.1 Å². The molecule has 0 aliphatic heterocycles. The fourth-order valence-electron chi connectivity index (χ4n) is 2.01. The summed E-state index contributed by atoms with van der Waals surface area (Å²) in [5, 5.41) is 0. The van der Waals surface area contributed by atoms with Gasteiger partial charge in [-0.15, -0.1) is 0 Å². The van der Waals surface area contributed by atoms with Crippen LogP contribution < -0.4 is 10.5 Å². The number of benzene rings is 1. The summed E-state index contributed by atoms with van der Waals surface area (Å²) in [6.07, 6.45) is 1.30. The van der Waals surface area contributed by atoms with E-state index >= 15 is 0 Å². The average molecular weight is 294 g/mol.